The minimum absolute atomic E-state index is 0.0595. The Balaban J connectivity index is 3.03. The number of hydrogen-bond acceptors (Lipinski definition) is 2. The van der Waals surface area contributed by atoms with Crippen molar-refractivity contribution in [2.45, 2.75) is 18.6 Å². The van der Waals surface area contributed by atoms with Gasteiger partial charge in [-0.1, -0.05) is 23.2 Å². The molecule has 2 nitrogen and oxygen atoms in total. The molecular formula is C10H10Cl3FO2. The fourth-order valence-electron chi connectivity index (χ4n) is 1.27. The summed E-state index contributed by atoms with van der Waals surface area (Å²) >= 11 is 16.7. The number of benzene rings is 1. The summed E-state index contributed by atoms with van der Waals surface area (Å²) < 4.78 is 13.2. The third-order valence-corrected chi connectivity index (χ3v) is 2.94. The fraction of sp³-hybridized carbons (Fsp3) is 0.400. The number of halogens is 4. The molecule has 0 saturated carbocycles. The van der Waals surface area contributed by atoms with Gasteiger partial charge in [-0.3, -0.25) is 0 Å². The first-order chi connectivity index (χ1) is 7.47. The lowest BCUT2D eigenvalue weighted by Crippen LogP contribution is -2.19. The normalized spacial score (nSPS) is 14.9. The Morgan fingerprint density at radius 3 is 2.44 bits per heavy atom. The molecule has 1 aromatic carbocycles. The van der Waals surface area contributed by atoms with E-state index in [1.807, 2.05) is 0 Å². The molecule has 0 heterocycles. The molecule has 0 amide bonds. The van der Waals surface area contributed by atoms with Crippen LogP contribution < -0.4 is 0 Å². The molecule has 1 rings (SSSR count). The van der Waals surface area contributed by atoms with Gasteiger partial charge in [0.05, 0.1) is 11.1 Å². The van der Waals surface area contributed by atoms with Gasteiger partial charge >= 0.3 is 0 Å². The van der Waals surface area contributed by atoms with E-state index in [1.165, 1.54) is 6.07 Å². The van der Waals surface area contributed by atoms with Gasteiger partial charge in [-0.15, -0.1) is 11.6 Å². The maximum absolute atomic E-state index is 13.2. The molecule has 0 aliphatic rings. The zero-order valence-electron chi connectivity index (χ0n) is 8.13. The van der Waals surface area contributed by atoms with Gasteiger partial charge < -0.3 is 10.2 Å². The number of hydrogen-bond donors (Lipinski definition) is 2. The van der Waals surface area contributed by atoms with Crippen molar-refractivity contribution in [3.8, 4) is 0 Å². The van der Waals surface area contributed by atoms with E-state index >= 15 is 0 Å². The minimum Gasteiger partial charge on any atom is -0.390 e. The van der Waals surface area contributed by atoms with Crippen molar-refractivity contribution in [2.75, 3.05) is 5.88 Å². The smallest absolute Gasteiger partial charge is 0.143 e. The molecule has 0 radical (unpaired) electrons. The van der Waals surface area contributed by atoms with Crippen LogP contribution in [0.4, 0.5) is 4.39 Å². The minimum atomic E-state index is -1.31. The number of alkyl halides is 1. The van der Waals surface area contributed by atoms with Crippen molar-refractivity contribution in [3.63, 3.8) is 0 Å². The Kier molecular flexibility index (Phi) is 5.28. The first-order valence-corrected chi connectivity index (χ1v) is 5.83. The van der Waals surface area contributed by atoms with E-state index in [9.17, 15) is 14.6 Å². The predicted octanol–water partition coefficient (Wildman–Crippen LogP) is 3.16. The average Bonchev–Trinajstić information content (AvgIpc) is 2.22. The molecule has 2 atom stereocenters. The molecule has 0 aromatic heterocycles. The Labute approximate surface area is 108 Å². The maximum atomic E-state index is 13.2. The molecular weight excluding hydrogens is 277 g/mol. The average molecular weight is 288 g/mol. The van der Waals surface area contributed by atoms with E-state index in [1.54, 1.807) is 0 Å². The zero-order valence-corrected chi connectivity index (χ0v) is 10.4. The van der Waals surface area contributed by atoms with E-state index < -0.39 is 18.0 Å². The van der Waals surface area contributed by atoms with Gasteiger partial charge in [0.1, 0.15) is 11.9 Å². The van der Waals surface area contributed by atoms with Gasteiger partial charge in [-0.2, -0.15) is 0 Å². The molecule has 90 valence electrons. The van der Waals surface area contributed by atoms with Crippen LogP contribution in [0.5, 0.6) is 0 Å². The first kappa shape index (κ1) is 14.0. The van der Waals surface area contributed by atoms with Crippen molar-refractivity contribution in [1.29, 1.82) is 0 Å². The second-order valence-electron chi connectivity index (χ2n) is 3.28. The molecule has 0 aliphatic heterocycles. The van der Waals surface area contributed by atoms with Crippen LogP contribution in [0.2, 0.25) is 10.0 Å². The lowest BCUT2D eigenvalue weighted by molar-refractivity contribution is 0.0169. The van der Waals surface area contributed by atoms with Gasteiger partial charge in [0.2, 0.25) is 0 Å². The summed E-state index contributed by atoms with van der Waals surface area (Å²) in [5.41, 5.74) is 0.0595. The summed E-state index contributed by atoms with van der Waals surface area (Å²) in [7, 11) is 0. The van der Waals surface area contributed by atoms with Gasteiger partial charge in [-0.25, -0.2) is 4.39 Å². The molecule has 0 fully saturated rings. The first-order valence-electron chi connectivity index (χ1n) is 4.54. The molecule has 0 bridgehead atoms. The highest BCUT2D eigenvalue weighted by molar-refractivity contribution is 6.33. The summed E-state index contributed by atoms with van der Waals surface area (Å²) in [5.74, 6) is -0.555. The van der Waals surface area contributed by atoms with E-state index in [2.05, 4.69) is 0 Å². The summed E-state index contributed by atoms with van der Waals surface area (Å²) in [6.07, 6.45) is -2.24. The van der Waals surface area contributed by atoms with E-state index in [0.717, 1.165) is 6.07 Å². The molecule has 0 saturated heterocycles. The fourth-order valence-corrected chi connectivity index (χ4v) is 1.93. The third kappa shape index (κ3) is 3.22. The number of rotatable bonds is 4. The van der Waals surface area contributed by atoms with Crippen LogP contribution in [0.15, 0.2) is 12.1 Å². The van der Waals surface area contributed by atoms with Crippen LogP contribution in [-0.4, -0.2) is 22.2 Å². The van der Waals surface area contributed by atoms with Crippen LogP contribution in [0.25, 0.3) is 0 Å². The molecule has 16 heavy (non-hydrogen) atoms. The zero-order chi connectivity index (χ0) is 12.3. The van der Waals surface area contributed by atoms with E-state index in [-0.39, 0.29) is 27.9 Å². The standard InChI is InChI=1S/C10H10Cl3FO2/c11-2-1-8(15)10(16)6-3-5(12)4-7(14)9(6)13/h3-4,8,10,15-16H,1-2H2. The molecule has 0 spiro atoms. The lowest BCUT2D eigenvalue weighted by atomic mass is 10.0. The summed E-state index contributed by atoms with van der Waals surface area (Å²) in [5, 5.41) is 19.1. The summed E-state index contributed by atoms with van der Waals surface area (Å²) in [4.78, 5) is 0. The van der Waals surface area contributed by atoms with Crippen LogP contribution in [0.3, 0.4) is 0 Å². The van der Waals surface area contributed by atoms with Crippen molar-refractivity contribution < 1.29 is 14.6 Å². The summed E-state index contributed by atoms with van der Waals surface area (Å²) in [6, 6.07) is 2.35. The quantitative estimate of drug-likeness (QED) is 0.660. The van der Waals surface area contributed by atoms with Crippen LogP contribution in [-0.2, 0) is 0 Å². The Morgan fingerprint density at radius 1 is 1.25 bits per heavy atom. The van der Waals surface area contributed by atoms with Gasteiger partial charge in [0.15, 0.2) is 0 Å². The summed E-state index contributed by atoms with van der Waals surface area (Å²) in [6.45, 7) is 0. The Hall–Kier alpha value is -0.0600. The molecule has 6 heteroatoms. The van der Waals surface area contributed by atoms with Crippen LogP contribution in [0, 0.1) is 5.82 Å². The molecule has 1 aromatic rings. The maximum Gasteiger partial charge on any atom is 0.143 e. The van der Waals surface area contributed by atoms with Crippen LogP contribution in [0.1, 0.15) is 18.1 Å². The predicted molar refractivity (Wildman–Crippen MR) is 62.7 cm³/mol. The second-order valence-corrected chi connectivity index (χ2v) is 4.47. The van der Waals surface area contributed by atoms with Gasteiger partial charge in [0, 0.05) is 16.5 Å². The van der Waals surface area contributed by atoms with E-state index in [0.29, 0.717) is 0 Å². The van der Waals surface area contributed by atoms with Gasteiger partial charge in [-0.05, 0) is 18.6 Å². The lowest BCUT2D eigenvalue weighted by Gasteiger charge is -2.18. The molecule has 2 N–H and O–H groups in total. The number of aliphatic hydroxyl groups is 2. The third-order valence-electron chi connectivity index (χ3n) is 2.11. The van der Waals surface area contributed by atoms with Gasteiger partial charge in [0.25, 0.3) is 0 Å². The topological polar surface area (TPSA) is 40.5 Å². The number of aliphatic hydroxyl groups excluding tert-OH is 2. The van der Waals surface area contributed by atoms with Crippen molar-refractivity contribution in [3.05, 3.63) is 33.6 Å². The SMILES string of the molecule is OC(CCCl)C(O)c1cc(Cl)cc(F)c1Cl. The highest BCUT2D eigenvalue weighted by Gasteiger charge is 2.22. The van der Waals surface area contributed by atoms with Crippen LogP contribution >= 0.6 is 34.8 Å². The highest BCUT2D eigenvalue weighted by atomic mass is 35.5. The Morgan fingerprint density at radius 2 is 1.88 bits per heavy atom. The monoisotopic (exact) mass is 286 g/mol. The molecule has 2 unspecified atom stereocenters. The van der Waals surface area contributed by atoms with Crippen molar-refractivity contribution >= 4 is 34.8 Å². The molecule has 0 aliphatic carbocycles. The largest absolute Gasteiger partial charge is 0.390 e. The second kappa shape index (κ2) is 6.03. The van der Waals surface area contributed by atoms with Crippen molar-refractivity contribution in [1.82, 2.24) is 0 Å². The van der Waals surface area contributed by atoms with Crippen molar-refractivity contribution in [2.24, 2.45) is 0 Å². The van der Waals surface area contributed by atoms with E-state index in [4.69, 9.17) is 34.8 Å². The Bertz CT molecular complexity index is 373. The highest BCUT2D eigenvalue weighted by Crippen LogP contribution is 2.31.